The van der Waals surface area contributed by atoms with Gasteiger partial charge in [0.15, 0.2) is 5.82 Å². The lowest BCUT2D eigenvalue weighted by Crippen LogP contribution is -2.53. The molecule has 2 saturated heterocycles. The number of carbonyl (C=O) groups excluding carboxylic acids is 1. The zero-order valence-electron chi connectivity index (χ0n) is 14.0. The molecule has 2 fully saturated rings. The SMILES string of the molecule is CCCc1noc(CN2CCN(C(=O)N3CCCCC3)CC2)n1. The molecule has 2 aliphatic rings. The van der Waals surface area contributed by atoms with Crippen molar-refractivity contribution in [2.45, 2.75) is 45.6 Å². The van der Waals surface area contributed by atoms with Gasteiger partial charge in [-0.3, -0.25) is 4.90 Å². The molecule has 0 aliphatic carbocycles. The van der Waals surface area contributed by atoms with E-state index in [1.54, 1.807) is 0 Å². The Balaban J connectivity index is 1.45. The molecule has 1 aromatic rings. The van der Waals surface area contributed by atoms with E-state index in [2.05, 4.69) is 22.0 Å². The molecule has 3 heterocycles. The van der Waals surface area contributed by atoms with Crippen molar-refractivity contribution in [3.63, 3.8) is 0 Å². The first-order valence-corrected chi connectivity index (χ1v) is 8.84. The number of carbonyl (C=O) groups is 1. The van der Waals surface area contributed by atoms with E-state index in [9.17, 15) is 4.79 Å². The van der Waals surface area contributed by atoms with E-state index in [1.807, 2.05) is 9.80 Å². The van der Waals surface area contributed by atoms with Crippen LogP contribution in [0.1, 0.15) is 44.3 Å². The number of hydrogen-bond acceptors (Lipinski definition) is 5. The maximum atomic E-state index is 12.5. The number of nitrogens with zero attached hydrogens (tertiary/aromatic N) is 5. The minimum absolute atomic E-state index is 0.215. The van der Waals surface area contributed by atoms with Crippen LogP contribution < -0.4 is 0 Å². The number of aryl methyl sites for hydroxylation is 1. The van der Waals surface area contributed by atoms with Gasteiger partial charge in [-0.15, -0.1) is 0 Å². The second kappa shape index (κ2) is 7.77. The Morgan fingerprint density at radius 1 is 1.04 bits per heavy atom. The first kappa shape index (κ1) is 16.2. The zero-order chi connectivity index (χ0) is 16.1. The highest BCUT2D eigenvalue weighted by atomic mass is 16.5. The molecule has 0 aromatic carbocycles. The summed E-state index contributed by atoms with van der Waals surface area (Å²) in [6.07, 6.45) is 5.42. The fourth-order valence-corrected chi connectivity index (χ4v) is 3.25. The van der Waals surface area contributed by atoms with Gasteiger partial charge in [0.2, 0.25) is 5.89 Å². The van der Waals surface area contributed by atoms with Crippen LogP contribution in [0.3, 0.4) is 0 Å². The lowest BCUT2D eigenvalue weighted by Gasteiger charge is -2.38. The van der Waals surface area contributed by atoms with Gasteiger partial charge in [-0.1, -0.05) is 12.1 Å². The molecule has 0 atom stereocenters. The van der Waals surface area contributed by atoms with Crippen LogP contribution in [0.5, 0.6) is 0 Å². The van der Waals surface area contributed by atoms with Gasteiger partial charge in [-0.2, -0.15) is 4.98 Å². The van der Waals surface area contributed by atoms with Crippen LogP contribution in [0.2, 0.25) is 0 Å². The summed E-state index contributed by atoms with van der Waals surface area (Å²) in [5.74, 6) is 1.48. The molecule has 128 valence electrons. The van der Waals surface area contributed by atoms with E-state index in [0.29, 0.717) is 12.4 Å². The largest absolute Gasteiger partial charge is 0.338 e. The zero-order valence-corrected chi connectivity index (χ0v) is 14.0. The standard InChI is InChI=1S/C16H27N5O2/c1-2-6-14-17-15(23-18-14)13-19-9-11-21(12-10-19)16(22)20-7-4-3-5-8-20/h2-13H2,1H3. The van der Waals surface area contributed by atoms with Crippen molar-refractivity contribution in [2.24, 2.45) is 0 Å². The van der Waals surface area contributed by atoms with E-state index < -0.39 is 0 Å². The predicted octanol–water partition coefficient (Wildman–Crippen LogP) is 1.75. The van der Waals surface area contributed by atoms with Crippen LogP contribution in [0.25, 0.3) is 0 Å². The number of hydrogen-bond donors (Lipinski definition) is 0. The van der Waals surface area contributed by atoms with Crippen molar-refractivity contribution in [3.8, 4) is 0 Å². The quantitative estimate of drug-likeness (QED) is 0.845. The Kier molecular flexibility index (Phi) is 5.48. The van der Waals surface area contributed by atoms with E-state index in [1.165, 1.54) is 6.42 Å². The third-order valence-corrected chi connectivity index (χ3v) is 4.61. The van der Waals surface area contributed by atoms with E-state index in [4.69, 9.17) is 4.52 Å². The van der Waals surface area contributed by atoms with Crippen molar-refractivity contribution < 1.29 is 9.32 Å². The highest BCUT2D eigenvalue weighted by Gasteiger charge is 2.26. The average Bonchev–Trinajstić information content (AvgIpc) is 3.03. The maximum Gasteiger partial charge on any atom is 0.320 e. The van der Waals surface area contributed by atoms with Gasteiger partial charge in [-0.05, 0) is 25.7 Å². The molecule has 0 saturated carbocycles. The van der Waals surface area contributed by atoms with Gasteiger partial charge in [0, 0.05) is 45.7 Å². The third kappa shape index (κ3) is 4.22. The maximum absolute atomic E-state index is 12.5. The Morgan fingerprint density at radius 3 is 2.43 bits per heavy atom. The summed E-state index contributed by atoms with van der Waals surface area (Å²) >= 11 is 0. The number of aromatic nitrogens is 2. The average molecular weight is 321 g/mol. The van der Waals surface area contributed by atoms with Crippen molar-refractivity contribution in [1.29, 1.82) is 0 Å². The number of amides is 2. The summed E-state index contributed by atoms with van der Waals surface area (Å²) in [6.45, 7) is 7.92. The van der Waals surface area contributed by atoms with Crippen molar-refractivity contribution in [1.82, 2.24) is 24.8 Å². The van der Waals surface area contributed by atoms with Crippen molar-refractivity contribution >= 4 is 6.03 Å². The topological polar surface area (TPSA) is 65.7 Å². The summed E-state index contributed by atoms with van der Waals surface area (Å²) in [7, 11) is 0. The Hall–Kier alpha value is -1.63. The number of piperidine rings is 1. The Labute approximate surface area is 137 Å². The van der Waals surface area contributed by atoms with E-state index >= 15 is 0 Å². The predicted molar refractivity (Wildman–Crippen MR) is 86.0 cm³/mol. The second-order valence-electron chi connectivity index (χ2n) is 6.45. The van der Waals surface area contributed by atoms with E-state index in [0.717, 1.165) is 70.8 Å². The van der Waals surface area contributed by atoms with Crippen molar-refractivity contribution in [3.05, 3.63) is 11.7 Å². The summed E-state index contributed by atoms with van der Waals surface area (Å²) < 4.78 is 5.30. The second-order valence-corrected chi connectivity index (χ2v) is 6.45. The molecule has 0 unspecified atom stereocenters. The number of urea groups is 1. The molecule has 3 rings (SSSR count). The number of likely N-dealkylation sites (tertiary alicyclic amines) is 1. The molecule has 7 heteroatoms. The minimum Gasteiger partial charge on any atom is -0.338 e. The highest BCUT2D eigenvalue weighted by Crippen LogP contribution is 2.14. The molecule has 2 amide bonds. The molecule has 0 bridgehead atoms. The summed E-state index contributed by atoms with van der Waals surface area (Å²) in [4.78, 5) is 23.2. The first-order valence-electron chi connectivity index (χ1n) is 8.84. The molecular formula is C16H27N5O2. The van der Waals surface area contributed by atoms with Crippen LogP contribution in [0.15, 0.2) is 4.52 Å². The molecule has 23 heavy (non-hydrogen) atoms. The third-order valence-electron chi connectivity index (χ3n) is 4.61. The lowest BCUT2D eigenvalue weighted by molar-refractivity contribution is 0.0998. The van der Waals surface area contributed by atoms with Gasteiger partial charge in [0.1, 0.15) is 0 Å². The van der Waals surface area contributed by atoms with Gasteiger partial charge in [0.05, 0.1) is 6.54 Å². The number of rotatable bonds is 4. The molecule has 0 radical (unpaired) electrons. The first-order chi connectivity index (χ1) is 11.3. The fraction of sp³-hybridized carbons (Fsp3) is 0.812. The van der Waals surface area contributed by atoms with Gasteiger partial charge < -0.3 is 14.3 Å². The smallest absolute Gasteiger partial charge is 0.320 e. The summed E-state index contributed by atoms with van der Waals surface area (Å²) in [5, 5.41) is 3.99. The molecule has 0 N–H and O–H groups in total. The highest BCUT2D eigenvalue weighted by molar-refractivity contribution is 5.74. The Bertz CT molecular complexity index is 504. The van der Waals surface area contributed by atoms with Gasteiger partial charge >= 0.3 is 6.03 Å². The van der Waals surface area contributed by atoms with Gasteiger partial charge in [0.25, 0.3) is 0 Å². The van der Waals surface area contributed by atoms with E-state index in [-0.39, 0.29) is 6.03 Å². The number of piperazine rings is 1. The van der Waals surface area contributed by atoms with Crippen molar-refractivity contribution in [2.75, 3.05) is 39.3 Å². The fourth-order valence-electron chi connectivity index (χ4n) is 3.25. The van der Waals surface area contributed by atoms with Crippen LogP contribution in [0, 0.1) is 0 Å². The van der Waals surface area contributed by atoms with Gasteiger partial charge in [-0.25, -0.2) is 4.79 Å². The van der Waals surface area contributed by atoms with Crippen LogP contribution in [-0.4, -0.2) is 70.1 Å². The van der Waals surface area contributed by atoms with Crippen LogP contribution >= 0.6 is 0 Å². The summed E-state index contributed by atoms with van der Waals surface area (Å²) in [6, 6.07) is 0.215. The monoisotopic (exact) mass is 321 g/mol. The minimum atomic E-state index is 0.215. The molecule has 0 spiro atoms. The van der Waals surface area contributed by atoms with Crippen LogP contribution in [0.4, 0.5) is 4.79 Å². The molecule has 1 aromatic heterocycles. The molecule has 2 aliphatic heterocycles. The normalized spacial score (nSPS) is 20.0. The molecule has 7 nitrogen and oxygen atoms in total. The van der Waals surface area contributed by atoms with Crippen LogP contribution in [-0.2, 0) is 13.0 Å². The summed E-state index contributed by atoms with van der Waals surface area (Å²) in [5.41, 5.74) is 0. The Morgan fingerprint density at radius 2 is 1.74 bits per heavy atom. The lowest BCUT2D eigenvalue weighted by atomic mass is 10.1. The molecular weight excluding hydrogens is 294 g/mol.